The lowest BCUT2D eigenvalue weighted by molar-refractivity contribution is -0.140. The maximum Gasteiger partial charge on any atom is 0.355 e. The van der Waals surface area contributed by atoms with Gasteiger partial charge in [0, 0.05) is 31.0 Å². The fourth-order valence-corrected chi connectivity index (χ4v) is 2.27. The number of nitrogens with zero attached hydrogens (tertiary/aromatic N) is 1. The Morgan fingerprint density at radius 1 is 1.20 bits per heavy atom. The molecule has 1 aromatic carbocycles. The van der Waals surface area contributed by atoms with E-state index in [0.29, 0.717) is 30.4 Å². The van der Waals surface area contributed by atoms with Crippen LogP contribution in [0, 0.1) is 0 Å². The van der Waals surface area contributed by atoms with Crippen molar-refractivity contribution in [1.29, 1.82) is 0 Å². The van der Waals surface area contributed by atoms with Crippen molar-refractivity contribution in [3.8, 4) is 11.5 Å². The van der Waals surface area contributed by atoms with E-state index >= 15 is 0 Å². The van der Waals surface area contributed by atoms with Crippen LogP contribution in [-0.2, 0) is 19.1 Å². The van der Waals surface area contributed by atoms with E-state index in [1.807, 2.05) is 0 Å². The summed E-state index contributed by atoms with van der Waals surface area (Å²) in [6, 6.07) is 5.04. The van der Waals surface area contributed by atoms with Crippen LogP contribution in [0.25, 0.3) is 0 Å². The van der Waals surface area contributed by atoms with E-state index < -0.39 is 18.5 Å². The zero-order chi connectivity index (χ0) is 17.6. The standard InChI is InChI=1S/C16H17N3O6/c20-14-5-3-11(18-19-14)16(22)25-9-15(21)17-10-2-4-12-13(8-10)24-7-1-6-23-12/h2,4,8H,1,3,5-7,9H2,(H,17,21)(H,19,20). The minimum atomic E-state index is -0.728. The number of amides is 2. The van der Waals surface area contributed by atoms with E-state index in [0.717, 1.165) is 6.42 Å². The van der Waals surface area contributed by atoms with Gasteiger partial charge in [-0.1, -0.05) is 0 Å². The van der Waals surface area contributed by atoms with Gasteiger partial charge in [-0.05, 0) is 12.1 Å². The number of carbonyl (C=O) groups excluding carboxylic acids is 3. The molecule has 9 heteroatoms. The largest absolute Gasteiger partial charge is 0.490 e. The number of esters is 1. The fraction of sp³-hybridized carbons (Fsp3) is 0.375. The Labute approximate surface area is 143 Å². The Morgan fingerprint density at radius 3 is 2.76 bits per heavy atom. The van der Waals surface area contributed by atoms with Crippen molar-refractivity contribution in [3.63, 3.8) is 0 Å². The quantitative estimate of drug-likeness (QED) is 0.771. The second-order valence-corrected chi connectivity index (χ2v) is 5.43. The lowest BCUT2D eigenvalue weighted by atomic mass is 10.2. The fourth-order valence-electron chi connectivity index (χ4n) is 2.27. The van der Waals surface area contributed by atoms with E-state index in [-0.39, 0.29) is 24.5 Å². The molecule has 2 amide bonds. The molecule has 0 saturated heterocycles. The molecule has 0 atom stereocenters. The molecule has 9 nitrogen and oxygen atoms in total. The molecule has 132 valence electrons. The number of nitrogens with one attached hydrogen (secondary N) is 2. The molecule has 0 fully saturated rings. The third kappa shape index (κ3) is 4.46. The van der Waals surface area contributed by atoms with Gasteiger partial charge < -0.3 is 19.5 Å². The van der Waals surface area contributed by atoms with Crippen LogP contribution in [-0.4, -0.2) is 43.3 Å². The molecular formula is C16H17N3O6. The van der Waals surface area contributed by atoms with E-state index in [2.05, 4.69) is 15.8 Å². The minimum absolute atomic E-state index is 0.0861. The van der Waals surface area contributed by atoms with Gasteiger partial charge in [0.25, 0.3) is 5.91 Å². The van der Waals surface area contributed by atoms with Crippen LogP contribution < -0.4 is 20.2 Å². The zero-order valence-electron chi connectivity index (χ0n) is 13.4. The molecule has 0 unspecified atom stereocenters. The summed E-state index contributed by atoms with van der Waals surface area (Å²) >= 11 is 0. The van der Waals surface area contributed by atoms with Gasteiger partial charge in [-0.15, -0.1) is 0 Å². The molecule has 0 aliphatic carbocycles. The summed E-state index contributed by atoms with van der Waals surface area (Å²) in [5, 5.41) is 6.23. The first-order valence-electron chi connectivity index (χ1n) is 7.84. The Balaban J connectivity index is 1.52. The van der Waals surface area contributed by atoms with Crippen LogP contribution in [0.3, 0.4) is 0 Å². The first kappa shape index (κ1) is 16.7. The van der Waals surface area contributed by atoms with Crippen LogP contribution in [0.4, 0.5) is 5.69 Å². The van der Waals surface area contributed by atoms with Gasteiger partial charge in [-0.2, -0.15) is 5.10 Å². The molecule has 0 saturated carbocycles. The van der Waals surface area contributed by atoms with Crippen LogP contribution in [0.1, 0.15) is 19.3 Å². The minimum Gasteiger partial charge on any atom is -0.490 e. The number of fused-ring (bicyclic) bond motifs is 1. The summed E-state index contributed by atoms with van der Waals surface area (Å²) in [5.74, 6) is -0.306. The Morgan fingerprint density at radius 2 is 2.00 bits per heavy atom. The van der Waals surface area contributed by atoms with Crippen molar-refractivity contribution in [3.05, 3.63) is 18.2 Å². The number of ether oxygens (including phenoxy) is 3. The van der Waals surface area contributed by atoms with Crippen molar-refractivity contribution in [2.24, 2.45) is 5.10 Å². The average Bonchev–Trinajstić information content (AvgIpc) is 2.85. The SMILES string of the molecule is O=C1CCC(C(=O)OCC(=O)Nc2ccc3c(c2)OCCCO3)=NN1. The molecule has 1 aromatic rings. The van der Waals surface area contributed by atoms with Crippen molar-refractivity contribution in [1.82, 2.24) is 5.43 Å². The summed E-state index contributed by atoms with van der Waals surface area (Å²) in [7, 11) is 0. The maximum absolute atomic E-state index is 11.9. The van der Waals surface area contributed by atoms with Crippen LogP contribution in [0.2, 0.25) is 0 Å². The van der Waals surface area contributed by atoms with Gasteiger partial charge >= 0.3 is 5.97 Å². The highest BCUT2D eigenvalue weighted by molar-refractivity contribution is 6.37. The Hall–Kier alpha value is -3.10. The number of hydrogen-bond acceptors (Lipinski definition) is 7. The van der Waals surface area contributed by atoms with Crippen molar-refractivity contribution >= 4 is 29.2 Å². The molecule has 0 spiro atoms. The Bertz CT molecular complexity index is 731. The van der Waals surface area contributed by atoms with Crippen molar-refractivity contribution in [2.45, 2.75) is 19.3 Å². The lowest BCUT2D eigenvalue weighted by Crippen LogP contribution is -2.32. The highest BCUT2D eigenvalue weighted by atomic mass is 16.5. The van der Waals surface area contributed by atoms with Crippen molar-refractivity contribution in [2.75, 3.05) is 25.1 Å². The number of hydrogen-bond donors (Lipinski definition) is 2. The third-order valence-electron chi connectivity index (χ3n) is 3.51. The normalized spacial score (nSPS) is 16.2. The number of rotatable bonds is 4. The molecular weight excluding hydrogens is 330 g/mol. The number of anilines is 1. The zero-order valence-corrected chi connectivity index (χ0v) is 13.4. The summed E-state index contributed by atoms with van der Waals surface area (Å²) in [6.45, 7) is 0.667. The van der Waals surface area contributed by atoms with Crippen LogP contribution in [0.15, 0.2) is 23.3 Å². The average molecular weight is 347 g/mol. The molecule has 25 heavy (non-hydrogen) atoms. The number of hydrazone groups is 1. The topological polar surface area (TPSA) is 115 Å². The molecule has 2 aliphatic rings. The summed E-state index contributed by atoms with van der Waals surface area (Å²) in [4.78, 5) is 34.7. The first-order chi connectivity index (χ1) is 12.1. The maximum atomic E-state index is 11.9. The highest BCUT2D eigenvalue weighted by Gasteiger charge is 2.20. The molecule has 2 aliphatic heterocycles. The third-order valence-corrected chi connectivity index (χ3v) is 3.51. The smallest absolute Gasteiger partial charge is 0.355 e. The lowest BCUT2D eigenvalue weighted by Gasteiger charge is -2.12. The van der Waals surface area contributed by atoms with Crippen LogP contribution >= 0.6 is 0 Å². The molecule has 3 rings (SSSR count). The summed E-state index contributed by atoms with van der Waals surface area (Å²) in [5.41, 5.74) is 2.79. The van der Waals surface area contributed by atoms with E-state index in [4.69, 9.17) is 14.2 Å². The summed E-state index contributed by atoms with van der Waals surface area (Å²) < 4.78 is 16.0. The highest BCUT2D eigenvalue weighted by Crippen LogP contribution is 2.32. The van der Waals surface area contributed by atoms with Gasteiger partial charge in [-0.25, -0.2) is 10.2 Å². The van der Waals surface area contributed by atoms with E-state index in [9.17, 15) is 14.4 Å². The van der Waals surface area contributed by atoms with E-state index in [1.54, 1.807) is 18.2 Å². The van der Waals surface area contributed by atoms with Crippen LogP contribution in [0.5, 0.6) is 11.5 Å². The molecule has 0 bridgehead atoms. The van der Waals surface area contributed by atoms with Gasteiger partial charge in [0.2, 0.25) is 5.91 Å². The predicted octanol–water partition coefficient (Wildman–Crippen LogP) is 0.596. The first-order valence-corrected chi connectivity index (χ1v) is 7.84. The summed E-state index contributed by atoms with van der Waals surface area (Å²) in [6.07, 6.45) is 1.14. The van der Waals surface area contributed by atoms with E-state index in [1.165, 1.54) is 0 Å². The molecule has 0 radical (unpaired) electrons. The second kappa shape index (κ2) is 7.65. The van der Waals surface area contributed by atoms with Gasteiger partial charge in [0.1, 0.15) is 5.71 Å². The predicted molar refractivity (Wildman–Crippen MR) is 86.4 cm³/mol. The van der Waals surface area contributed by atoms with Gasteiger partial charge in [0.05, 0.1) is 13.2 Å². The monoisotopic (exact) mass is 347 g/mol. The Kier molecular flexibility index (Phi) is 5.12. The number of carbonyl (C=O) groups is 3. The van der Waals surface area contributed by atoms with Gasteiger partial charge in [0.15, 0.2) is 18.1 Å². The van der Waals surface area contributed by atoms with Gasteiger partial charge in [-0.3, -0.25) is 9.59 Å². The molecule has 0 aromatic heterocycles. The molecule has 2 heterocycles. The second-order valence-electron chi connectivity index (χ2n) is 5.43. The number of benzene rings is 1. The van der Waals surface area contributed by atoms with Crippen molar-refractivity contribution < 1.29 is 28.6 Å². The molecule has 2 N–H and O–H groups in total.